The minimum atomic E-state index is -4.83. The van der Waals surface area contributed by atoms with Crippen molar-refractivity contribution in [3.8, 4) is 5.75 Å². The number of fused-ring (bicyclic) bond motifs is 1. The lowest BCUT2D eigenvalue weighted by Gasteiger charge is -2.35. The van der Waals surface area contributed by atoms with Crippen molar-refractivity contribution in [3.63, 3.8) is 0 Å². The lowest BCUT2D eigenvalue weighted by atomic mass is 10.0. The van der Waals surface area contributed by atoms with E-state index in [-0.39, 0.29) is 11.3 Å². The van der Waals surface area contributed by atoms with Crippen molar-refractivity contribution < 1.29 is 27.1 Å². The van der Waals surface area contributed by atoms with Crippen LogP contribution < -0.4 is 20.7 Å². The van der Waals surface area contributed by atoms with Crippen molar-refractivity contribution in [1.29, 1.82) is 0 Å². The number of likely N-dealkylation sites (N-methyl/N-ethyl adjacent to an activating group) is 1. The Balaban J connectivity index is 1.91. The summed E-state index contributed by atoms with van der Waals surface area (Å²) in [7, 11) is 3.53. The van der Waals surface area contributed by atoms with Crippen molar-refractivity contribution >= 4 is 33.9 Å². The zero-order valence-corrected chi connectivity index (χ0v) is 18.5. The van der Waals surface area contributed by atoms with E-state index in [1.807, 2.05) is 7.05 Å². The average Bonchev–Trinajstić information content (AvgIpc) is 2.79. The van der Waals surface area contributed by atoms with E-state index in [1.165, 1.54) is 13.3 Å². The summed E-state index contributed by atoms with van der Waals surface area (Å²) in [4.78, 5) is 20.7. The van der Waals surface area contributed by atoms with E-state index in [1.54, 1.807) is 12.1 Å². The Kier molecular flexibility index (Phi) is 6.22. The van der Waals surface area contributed by atoms with Crippen LogP contribution in [0.3, 0.4) is 0 Å². The number of primary amides is 1. The van der Waals surface area contributed by atoms with Gasteiger partial charge in [-0.15, -0.1) is 0 Å². The molecule has 180 valence electrons. The molecule has 0 unspecified atom stereocenters. The number of rotatable bonds is 5. The van der Waals surface area contributed by atoms with Gasteiger partial charge in [0.05, 0.1) is 40.8 Å². The lowest BCUT2D eigenvalue weighted by Crippen LogP contribution is -2.44. The highest BCUT2D eigenvalue weighted by atomic mass is 19.4. The molecule has 1 aliphatic rings. The molecule has 1 saturated heterocycles. The number of aromatic nitrogens is 1. The number of ether oxygens (including phenoxy) is 1. The van der Waals surface area contributed by atoms with E-state index in [9.17, 15) is 22.4 Å². The number of nitrogens with zero attached hydrogens (tertiary/aromatic N) is 3. The van der Waals surface area contributed by atoms with Gasteiger partial charge < -0.3 is 25.6 Å². The minimum Gasteiger partial charge on any atom is -0.495 e. The summed E-state index contributed by atoms with van der Waals surface area (Å²) in [5.74, 6) is -1.36. The molecule has 0 atom stereocenters. The minimum absolute atomic E-state index is 0.0487. The number of halogens is 4. The molecule has 4 rings (SSSR count). The van der Waals surface area contributed by atoms with Gasteiger partial charge in [-0.05, 0) is 31.3 Å². The Hall–Kier alpha value is -3.60. The monoisotopic (exact) mass is 477 g/mol. The molecule has 0 spiro atoms. The van der Waals surface area contributed by atoms with Crippen LogP contribution in [0.1, 0.15) is 15.9 Å². The van der Waals surface area contributed by atoms with Gasteiger partial charge in [0, 0.05) is 43.8 Å². The summed E-state index contributed by atoms with van der Waals surface area (Å²) in [6.07, 6.45) is -3.63. The van der Waals surface area contributed by atoms with Crippen molar-refractivity contribution in [2.75, 3.05) is 50.6 Å². The Labute approximate surface area is 193 Å². The number of alkyl halides is 3. The Morgan fingerprint density at radius 2 is 1.85 bits per heavy atom. The van der Waals surface area contributed by atoms with Crippen LogP contribution >= 0.6 is 0 Å². The van der Waals surface area contributed by atoms with E-state index in [4.69, 9.17) is 10.5 Å². The number of methoxy groups -OCH3 is 1. The van der Waals surface area contributed by atoms with Crippen LogP contribution in [0, 0.1) is 5.82 Å². The molecular weight excluding hydrogens is 454 g/mol. The summed E-state index contributed by atoms with van der Waals surface area (Å²) in [6.45, 7) is 3.05. The van der Waals surface area contributed by atoms with Crippen LogP contribution in [0.15, 0.2) is 36.5 Å². The highest BCUT2D eigenvalue weighted by Gasteiger charge is 2.34. The van der Waals surface area contributed by atoms with Gasteiger partial charge in [-0.2, -0.15) is 13.2 Å². The fourth-order valence-corrected chi connectivity index (χ4v) is 3.98. The summed E-state index contributed by atoms with van der Waals surface area (Å²) < 4.78 is 60.0. The molecule has 3 N–H and O–H groups in total. The van der Waals surface area contributed by atoms with Crippen LogP contribution in [-0.4, -0.2) is 56.1 Å². The van der Waals surface area contributed by atoms with Gasteiger partial charge in [-0.3, -0.25) is 9.78 Å². The third-order valence-corrected chi connectivity index (χ3v) is 5.82. The highest BCUT2D eigenvalue weighted by Crippen LogP contribution is 2.41. The number of hydrogen-bond acceptors (Lipinski definition) is 6. The smallest absolute Gasteiger partial charge is 0.418 e. The number of amides is 1. The summed E-state index contributed by atoms with van der Waals surface area (Å²) in [5.41, 5.74) is 4.94. The van der Waals surface area contributed by atoms with Crippen molar-refractivity contribution in [2.24, 2.45) is 5.73 Å². The van der Waals surface area contributed by atoms with Crippen molar-refractivity contribution in [1.82, 2.24) is 9.88 Å². The zero-order valence-electron chi connectivity index (χ0n) is 18.5. The number of nitrogens with one attached hydrogen (secondary N) is 1. The third kappa shape index (κ3) is 4.56. The van der Waals surface area contributed by atoms with Gasteiger partial charge in [-0.1, -0.05) is 0 Å². The number of nitrogens with two attached hydrogens (primary N) is 1. The third-order valence-electron chi connectivity index (χ3n) is 5.82. The van der Waals surface area contributed by atoms with Gasteiger partial charge in [0.25, 0.3) is 5.91 Å². The first-order valence-corrected chi connectivity index (χ1v) is 10.5. The maximum Gasteiger partial charge on any atom is 0.418 e. The van der Waals surface area contributed by atoms with Gasteiger partial charge in [0.2, 0.25) is 0 Å². The molecule has 0 bridgehead atoms. The molecule has 1 fully saturated rings. The molecule has 3 aromatic rings. The first-order chi connectivity index (χ1) is 16.1. The fraction of sp³-hybridized carbons (Fsp3) is 0.304. The number of hydrogen-bond donors (Lipinski definition) is 2. The molecule has 0 radical (unpaired) electrons. The van der Waals surface area contributed by atoms with Gasteiger partial charge in [0.15, 0.2) is 0 Å². The number of anilines is 3. The van der Waals surface area contributed by atoms with E-state index in [0.717, 1.165) is 25.2 Å². The largest absolute Gasteiger partial charge is 0.495 e. The second-order valence-corrected chi connectivity index (χ2v) is 8.06. The molecule has 0 saturated carbocycles. The first-order valence-electron chi connectivity index (χ1n) is 10.5. The Morgan fingerprint density at radius 3 is 2.47 bits per heavy atom. The van der Waals surface area contributed by atoms with E-state index in [0.29, 0.717) is 41.5 Å². The van der Waals surface area contributed by atoms with Crippen LogP contribution in [0.25, 0.3) is 10.9 Å². The molecule has 2 heterocycles. The second-order valence-electron chi connectivity index (χ2n) is 8.06. The number of carbonyl (C=O) groups excluding carboxylic acids is 1. The molecule has 1 aliphatic heterocycles. The van der Waals surface area contributed by atoms with Crippen LogP contribution in [0.2, 0.25) is 0 Å². The van der Waals surface area contributed by atoms with Crippen LogP contribution in [0.4, 0.5) is 34.6 Å². The second kappa shape index (κ2) is 8.98. The Bertz CT molecular complexity index is 1240. The van der Waals surface area contributed by atoms with Crippen LogP contribution in [0.5, 0.6) is 5.75 Å². The van der Waals surface area contributed by atoms with Gasteiger partial charge >= 0.3 is 6.18 Å². The number of carbonyl (C=O) groups is 1. The Morgan fingerprint density at radius 1 is 1.15 bits per heavy atom. The summed E-state index contributed by atoms with van der Waals surface area (Å²) in [5, 5.41) is 3.06. The predicted octanol–water partition coefficient (Wildman–Crippen LogP) is 4.00. The molecule has 1 aromatic heterocycles. The molecule has 7 nitrogen and oxygen atoms in total. The SMILES string of the molecule is COc1cc2ncc(C(N)=O)c(Nc3ccc(F)cc3C(F)(F)F)c2cc1N1CCN(C)CC1. The maximum atomic E-state index is 13.6. The molecule has 1 amide bonds. The number of piperazine rings is 1. The molecule has 34 heavy (non-hydrogen) atoms. The van der Waals surface area contributed by atoms with Crippen LogP contribution in [-0.2, 0) is 6.18 Å². The quantitative estimate of drug-likeness (QED) is 0.541. The molecule has 0 aliphatic carbocycles. The lowest BCUT2D eigenvalue weighted by molar-refractivity contribution is -0.137. The summed E-state index contributed by atoms with van der Waals surface area (Å²) >= 11 is 0. The average molecular weight is 477 g/mol. The number of pyridine rings is 1. The normalized spacial score (nSPS) is 14.9. The van der Waals surface area contributed by atoms with Gasteiger partial charge in [-0.25, -0.2) is 4.39 Å². The topological polar surface area (TPSA) is 83.7 Å². The highest BCUT2D eigenvalue weighted by molar-refractivity contribution is 6.08. The van der Waals surface area contributed by atoms with Gasteiger partial charge in [0.1, 0.15) is 11.6 Å². The zero-order chi connectivity index (χ0) is 24.6. The molecule has 11 heteroatoms. The number of benzene rings is 2. The van der Waals surface area contributed by atoms with Crippen molar-refractivity contribution in [3.05, 3.63) is 53.5 Å². The van der Waals surface area contributed by atoms with Crippen molar-refractivity contribution in [2.45, 2.75) is 6.18 Å². The van der Waals surface area contributed by atoms with E-state index >= 15 is 0 Å². The predicted molar refractivity (Wildman–Crippen MR) is 121 cm³/mol. The van der Waals surface area contributed by atoms with E-state index < -0.39 is 29.2 Å². The summed E-state index contributed by atoms with van der Waals surface area (Å²) in [6, 6.07) is 5.66. The standard InChI is InChI=1S/C23H23F4N5O2/c1-31-5-7-32(8-6-31)19-10-14-18(11-20(19)34-2)29-12-15(22(28)33)21(14)30-17-4-3-13(24)9-16(17)23(25,26)27/h3-4,9-12H,5-8H2,1-2H3,(H2,28,33)(H,29,30). The van der Waals surface area contributed by atoms with E-state index in [2.05, 4.69) is 20.1 Å². The molecule has 2 aromatic carbocycles. The molecular formula is C23H23F4N5O2. The fourth-order valence-electron chi connectivity index (χ4n) is 3.98. The first kappa shape index (κ1) is 23.6. The maximum absolute atomic E-state index is 13.6.